The Morgan fingerprint density at radius 1 is 1.00 bits per heavy atom. The van der Waals surface area contributed by atoms with Gasteiger partial charge in [0.1, 0.15) is 11.6 Å². The Morgan fingerprint density at radius 2 is 1.81 bits per heavy atom. The van der Waals surface area contributed by atoms with E-state index in [1.54, 1.807) is 29.9 Å². The van der Waals surface area contributed by atoms with Gasteiger partial charge in [0, 0.05) is 27.7 Å². The number of methoxy groups -OCH3 is 1. The van der Waals surface area contributed by atoms with E-state index in [9.17, 15) is 4.79 Å². The van der Waals surface area contributed by atoms with E-state index in [1.807, 2.05) is 66.9 Å². The molecule has 152 valence electrons. The summed E-state index contributed by atoms with van der Waals surface area (Å²) in [6.45, 7) is 0. The molecule has 0 unspecified atom stereocenters. The number of halogens is 1. The van der Waals surface area contributed by atoms with E-state index in [0.29, 0.717) is 27.4 Å². The number of nitrogens with one attached hydrogen (secondary N) is 1. The molecule has 31 heavy (non-hydrogen) atoms. The summed E-state index contributed by atoms with van der Waals surface area (Å²) in [5, 5.41) is 2.19. The number of rotatable bonds is 4. The van der Waals surface area contributed by atoms with E-state index >= 15 is 0 Å². The minimum absolute atomic E-state index is 0.131. The summed E-state index contributed by atoms with van der Waals surface area (Å²) >= 11 is 6.05. The molecular weight excluding hydrogens is 410 g/mol. The Balaban J connectivity index is 1.70. The second-order valence-electron chi connectivity index (χ2n) is 7.09. The molecular formula is C25H18ClN3O2. The number of benzene rings is 3. The molecule has 2 heterocycles. The zero-order chi connectivity index (χ0) is 21.4. The van der Waals surface area contributed by atoms with Crippen LogP contribution in [0.1, 0.15) is 11.4 Å². The summed E-state index contributed by atoms with van der Waals surface area (Å²) < 4.78 is 6.96. The molecule has 0 fully saturated rings. The molecule has 0 atom stereocenters. The fourth-order valence-corrected chi connectivity index (χ4v) is 3.78. The molecule has 1 N–H and O–H groups in total. The topological polar surface area (TPSA) is 59.9 Å². The van der Waals surface area contributed by atoms with Gasteiger partial charge in [-0.15, -0.1) is 0 Å². The van der Waals surface area contributed by atoms with Crippen molar-refractivity contribution >= 4 is 45.6 Å². The fraction of sp³-hybridized carbons (Fsp3) is 0.0400. The molecule has 0 saturated heterocycles. The third-order valence-electron chi connectivity index (χ3n) is 5.22. The summed E-state index contributed by atoms with van der Waals surface area (Å²) in [4.78, 5) is 21.3. The van der Waals surface area contributed by atoms with Crippen LogP contribution in [0.15, 0.2) is 77.7 Å². The smallest absolute Gasteiger partial charge is 0.266 e. The fourth-order valence-electron chi connectivity index (χ4n) is 3.65. The minimum Gasteiger partial charge on any atom is -0.497 e. The Morgan fingerprint density at radius 3 is 2.61 bits per heavy atom. The van der Waals surface area contributed by atoms with Crippen LogP contribution in [-0.2, 0) is 0 Å². The molecule has 5 nitrogen and oxygen atoms in total. The number of H-pyrrole nitrogens is 1. The number of hydrogen-bond acceptors (Lipinski definition) is 3. The maximum absolute atomic E-state index is 13.3. The lowest BCUT2D eigenvalue weighted by atomic mass is 10.1. The van der Waals surface area contributed by atoms with Crippen molar-refractivity contribution in [3.05, 3.63) is 99.7 Å². The van der Waals surface area contributed by atoms with Gasteiger partial charge in [0.25, 0.3) is 5.56 Å². The molecule has 5 rings (SSSR count). The molecule has 3 aromatic carbocycles. The minimum atomic E-state index is -0.131. The molecule has 5 aromatic rings. The number of para-hydroxylation sites is 1. The van der Waals surface area contributed by atoms with Gasteiger partial charge >= 0.3 is 0 Å². The van der Waals surface area contributed by atoms with Crippen LogP contribution in [0.25, 0.3) is 39.6 Å². The molecule has 0 bridgehead atoms. The van der Waals surface area contributed by atoms with Crippen LogP contribution in [0.3, 0.4) is 0 Å². The SMILES string of the molecule is COc1ccc2[nH]cc(/C=C/c3nc4ccccc4c(=O)n3-c3ccc(Cl)cc3)c2c1. The van der Waals surface area contributed by atoms with Gasteiger partial charge in [0.2, 0.25) is 0 Å². The largest absolute Gasteiger partial charge is 0.497 e. The summed E-state index contributed by atoms with van der Waals surface area (Å²) in [5.74, 6) is 1.31. The van der Waals surface area contributed by atoms with Crippen molar-refractivity contribution in [2.75, 3.05) is 7.11 Å². The normalized spacial score (nSPS) is 11.5. The lowest BCUT2D eigenvalue weighted by molar-refractivity contribution is 0.415. The average molecular weight is 428 g/mol. The first-order valence-electron chi connectivity index (χ1n) is 9.75. The van der Waals surface area contributed by atoms with Gasteiger partial charge in [-0.25, -0.2) is 4.98 Å². The molecule has 6 heteroatoms. The van der Waals surface area contributed by atoms with Gasteiger partial charge in [-0.1, -0.05) is 23.7 Å². The number of ether oxygens (including phenoxy) is 1. The van der Waals surface area contributed by atoms with E-state index in [1.165, 1.54) is 0 Å². The van der Waals surface area contributed by atoms with E-state index in [4.69, 9.17) is 21.3 Å². The highest BCUT2D eigenvalue weighted by atomic mass is 35.5. The standard InChI is InChI=1S/C25H18ClN3O2/c1-31-19-11-12-22-21(14-19)16(15-27-22)6-13-24-28-23-5-3-2-4-20(23)25(30)29(24)18-9-7-17(26)8-10-18/h2-15,27H,1H3/b13-6+. The van der Waals surface area contributed by atoms with Gasteiger partial charge in [0.05, 0.1) is 23.7 Å². The van der Waals surface area contributed by atoms with E-state index in [0.717, 1.165) is 22.2 Å². The zero-order valence-corrected chi connectivity index (χ0v) is 17.4. The van der Waals surface area contributed by atoms with Crippen LogP contribution < -0.4 is 10.3 Å². The monoisotopic (exact) mass is 427 g/mol. The lowest BCUT2D eigenvalue weighted by Crippen LogP contribution is -2.22. The first-order valence-corrected chi connectivity index (χ1v) is 10.1. The molecule has 0 aliphatic heterocycles. The second kappa shape index (κ2) is 7.78. The first-order chi connectivity index (χ1) is 15.1. The molecule has 2 aromatic heterocycles. The van der Waals surface area contributed by atoms with E-state index in [-0.39, 0.29) is 5.56 Å². The molecule has 0 amide bonds. The second-order valence-corrected chi connectivity index (χ2v) is 7.53. The quantitative estimate of drug-likeness (QED) is 0.400. The van der Waals surface area contributed by atoms with Crippen LogP contribution >= 0.6 is 11.6 Å². The van der Waals surface area contributed by atoms with Crippen molar-refractivity contribution < 1.29 is 4.74 Å². The molecule has 0 aliphatic carbocycles. The maximum atomic E-state index is 13.3. The lowest BCUT2D eigenvalue weighted by Gasteiger charge is -2.11. The van der Waals surface area contributed by atoms with Crippen LogP contribution in [-0.4, -0.2) is 21.6 Å². The predicted molar refractivity (Wildman–Crippen MR) is 126 cm³/mol. The Kier molecular flexibility index (Phi) is 4.81. The first kappa shape index (κ1) is 19.2. The molecule has 0 radical (unpaired) electrons. The van der Waals surface area contributed by atoms with Crippen molar-refractivity contribution in [1.82, 2.24) is 14.5 Å². The summed E-state index contributed by atoms with van der Waals surface area (Å²) in [5.41, 5.74) is 3.19. The van der Waals surface area contributed by atoms with Crippen LogP contribution in [0.5, 0.6) is 5.75 Å². The number of aromatic amines is 1. The van der Waals surface area contributed by atoms with Crippen LogP contribution in [0.2, 0.25) is 5.02 Å². The van der Waals surface area contributed by atoms with Gasteiger partial charge in [-0.3, -0.25) is 9.36 Å². The maximum Gasteiger partial charge on any atom is 0.266 e. The van der Waals surface area contributed by atoms with Crippen LogP contribution in [0.4, 0.5) is 0 Å². The highest BCUT2D eigenvalue weighted by molar-refractivity contribution is 6.30. The van der Waals surface area contributed by atoms with Gasteiger partial charge in [-0.05, 0) is 66.7 Å². The van der Waals surface area contributed by atoms with Crippen molar-refractivity contribution in [3.63, 3.8) is 0 Å². The highest BCUT2D eigenvalue weighted by Gasteiger charge is 2.11. The average Bonchev–Trinajstić information content (AvgIpc) is 3.21. The number of nitrogens with zero attached hydrogens (tertiary/aromatic N) is 2. The van der Waals surface area contributed by atoms with Crippen molar-refractivity contribution in [2.24, 2.45) is 0 Å². The number of hydrogen-bond donors (Lipinski definition) is 1. The van der Waals surface area contributed by atoms with Crippen molar-refractivity contribution in [1.29, 1.82) is 0 Å². The zero-order valence-electron chi connectivity index (χ0n) is 16.7. The van der Waals surface area contributed by atoms with Crippen molar-refractivity contribution in [2.45, 2.75) is 0 Å². The predicted octanol–water partition coefficient (Wildman–Crippen LogP) is 5.70. The summed E-state index contributed by atoms with van der Waals surface area (Å²) in [7, 11) is 1.65. The molecule has 0 saturated carbocycles. The van der Waals surface area contributed by atoms with E-state index in [2.05, 4.69) is 4.98 Å². The van der Waals surface area contributed by atoms with Gasteiger partial charge in [0.15, 0.2) is 0 Å². The number of aromatic nitrogens is 3. The van der Waals surface area contributed by atoms with E-state index < -0.39 is 0 Å². The number of fused-ring (bicyclic) bond motifs is 2. The third kappa shape index (κ3) is 3.49. The van der Waals surface area contributed by atoms with Gasteiger partial charge in [-0.2, -0.15) is 0 Å². The van der Waals surface area contributed by atoms with Gasteiger partial charge < -0.3 is 9.72 Å². The van der Waals surface area contributed by atoms with Crippen LogP contribution in [0, 0.1) is 0 Å². The summed E-state index contributed by atoms with van der Waals surface area (Å²) in [6.07, 6.45) is 5.72. The summed E-state index contributed by atoms with van der Waals surface area (Å²) in [6, 6.07) is 20.4. The Bertz CT molecular complexity index is 1500. The third-order valence-corrected chi connectivity index (χ3v) is 5.47. The molecule has 0 spiro atoms. The Labute approximate surface area is 183 Å². The van der Waals surface area contributed by atoms with Crippen molar-refractivity contribution in [3.8, 4) is 11.4 Å². The highest BCUT2D eigenvalue weighted by Crippen LogP contribution is 2.25. The molecule has 0 aliphatic rings. The Hall–Kier alpha value is -3.83.